The number of hydrogen-bond donors (Lipinski definition) is 0. The smallest absolute Gasteiger partial charge is 0.343 e. The average Bonchev–Trinajstić information content (AvgIpc) is 3.25. The van der Waals surface area contributed by atoms with E-state index in [0.717, 1.165) is 4.90 Å². The van der Waals surface area contributed by atoms with Gasteiger partial charge in [0.25, 0.3) is 0 Å². The van der Waals surface area contributed by atoms with Crippen LogP contribution in [-0.2, 0) is 14.3 Å². The molecule has 1 aliphatic carbocycles. The number of carbonyl (C=O) groups excluding carboxylic acids is 5. The van der Waals surface area contributed by atoms with Crippen LogP contribution in [0.1, 0.15) is 43.9 Å². The molecule has 0 spiro atoms. The highest BCUT2D eigenvalue weighted by Gasteiger charge is 2.47. The van der Waals surface area contributed by atoms with Crippen LogP contribution >= 0.6 is 0 Å². The maximum absolute atomic E-state index is 12.9. The molecule has 9 heteroatoms. The van der Waals surface area contributed by atoms with Gasteiger partial charge in [-0.3, -0.25) is 19.3 Å². The standard InChI is InChI=1S/C31H25NO8/c1-38-24-9-5-7-21(17-24)31(37)40-23-14-12-19(13-15-23)27(33)18-39-30(36)20-6-4-8-22(16-20)32-28(34)25-10-2-3-11-26(25)29(32)35/h2-9,12-17,25-26H,10-11,18H2,1H3. The maximum atomic E-state index is 12.9. The largest absolute Gasteiger partial charge is 0.497 e. The van der Waals surface area contributed by atoms with Crippen molar-refractivity contribution in [2.75, 3.05) is 18.6 Å². The van der Waals surface area contributed by atoms with Gasteiger partial charge >= 0.3 is 11.9 Å². The number of ether oxygens (including phenoxy) is 3. The third-order valence-corrected chi connectivity index (χ3v) is 6.87. The van der Waals surface area contributed by atoms with Crippen molar-refractivity contribution < 1.29 is 38.2 Å². The molecule has 1 fully saturated rings. The monoisotopic (exact) mass is 539 g/mol. The second kappa shape index (κ2) is 11.4. The fourth-order valence-electron chi connectivity index (χ4n) is 4.75. The molecule has 202 valence electrons. The number of rotatable bonds is 8. The van der Waals surface area contributed by atoms with E-state index >= 15 is 0 Å². The van der Waals surface area contributed by atoms with Gasteiger partial charge in [0, 0.05) is 5.56 Å². The third-order valence-electron chi connectivity index (χ3n) is 6.87. The summed E-state index contributed by atoms with van der Waals surface area (Å²) in [6.45, 7) is -0.524. The summed E-state index contributed by atoms with van der Waals surface area (Å²) >= 11 is 0. The summed E-state index contributed by atoms with van der Waals surface area (Å²) in [6, 6.07) is 18.4. The Morgan fingerprint density at radius 3 is 2.02 bits per heavy atom. The maximum Gasteiger partial charge on any atom is 0.343 e. The van der Waals surface area contributed by atoms with Gasteiger partial charge in [0.1, 0.15) is 11.5 Å². The second-order valence-corrected chi connectivity index (χ2v) is 9.36. The molecule has 9 nitrogen and oxygen atoms in total. The molecule has 2 aliphatic rings. The van der Waals surface area contributed by atoms with Gasteiger partial charge in [-0.2, -0.15) is 0 Å². The summed E-state index contributed by atoms with van der Waals surface area (Å²) in [5, 5.41) is 0. The van der Waals surface area contributed by atoms with Gasteiger partial charge in [-0.15, -0.1) is 0 Å². The fourth-order valence-corrected chi connectivity index (χ4v) is 4.75. The van der Waals surface area contributed by atoms with Crippen LogP contribution in [0.4, 0.5) is 5.69 Å². The highest BCUT2D eigenvalue weighted by molar-refractivity contribution is 6.22. The number of imide groups is 1. The first-order valence-electron chi connectivity index (χ1n) is 12.6. The Bertz CT molecular complexity index is 1500. The molecule has 1 heterocycles. The number of ketones is 1. The molecule has 1 aliphatic heterocycles. The molecule has 2 amide bonds. The molecule has 0 radical (unpaired) electrons. The van der Waals surface area contributed by atoms with Crippen molar-refractivity contribution >= 4 is 35.2 Å². The molecule has 0 bridgehead atoms. The van der Waals surface area contributed by atoms with Gasteiger partial charge in [-0.25, -0.2) is 9.59 Å². The van der Waals surface area contributed by atoms with Crippen molar-refractivity contribution in [2.24, 2.45) is 11.8 Å². The number of amides is 2. The van der Waals surface area contributed by atoms with Gasteiger partial charge < -0.3 is 14.2 Å². The number of Topliss-reactive ketones (excluding diaryl/α,β-unsaturated/α-hetero) is 1. The van der Waals surface area contributed by atoms with E-state index in [4.69, 9.17) is 14.2 Å². The molecule has 0 saturated carbocycles. The summed E-state index contributed by atoms with van der Waals surface area (Å²) in [5.74, 6) is -2.39. The van der Waals surface area contributed by atoms with E-state index in [2.05, 4.69) is 0 Å². The minimum Gasteiger partial charge on any atom is -0.497 e. The number of fused-ring (bicyclic) bond motifs is 1. The van der Waals surface area contributed by atoms with E-state index in [1.165, 1.54) is 43.5 Å². The molecule has 3 aromatic rings. The van der Waals surface area contributed by atoms with Crippen molar-refractivity contribution in [1.29, 1.82) is 0 Å². The van der Waals surface area contributed by atoms with Crippen molar-refractivity contribution in [1.82, 2.24) is 0 Å². The Morgan fingerprint density at radius 1 is 0.750 bits per heavy atom. The number of benzene rings is 3. The molecular formula is C31H25NO8. The zero-order chi connectivity index (χ0) is 28.2. The van der Waals surface area contributed by atoms with Crippen molar-refractivity contribution in [3.05, 3.63) is 102 Å². The SMILES string of the molecule is COc1cccc(C(=O)Oc2ccc(C(=O)COC(=O)c3cccc(N4C(=O)C5CC=CCC5C4=O)c3)cc2)c1. The summed E-state index contributed by atoms with van der Waals surface area (Å²) in [6.07, 6.45) is 4.84. The molecule has 0 N–H and O–H groups in total. The number of allylic oxidation sites excluding steroid dienone is 2. The summed E-state index contributed by atoms with van der Waals surface area (Å²) < 4.78 is 15.7. The molecule has 1 saturated heterocycles. The van der Waals surface area contributed by atoms with Gasteiger partial charge in [0.05, 0.1) is 35.8 Å². The first kappa shape index (κ1) is 26.6. The van der Waals surface area contributed by atoms with Crippen LogP contribution in [0.3, 0.4) is 0 Å². The first-order chi connectivity index (χ1) is 19.4. The summed E-state index contributed by atoms with van der Waals surface area (Å²) in [7, 11) is 1.50. The predicted octanol–water partition coefficient (Wildman–Crippen LogP) is 4.41. The van der Waals surface area contributed by atoms with Gasteiger partial charge in [-0.05, 0) is 73.5 Å². The number of methoxy groups -OCH3 is 1. The van der Waals surface area contributed by atoms with Crippen molar-refractivity contribution in [3.63, 3.8) is 0 Å². The normalized spacial score (nSPS) is 17.8. The zero-order valence-electron chi connectivity index (χ0n) is 21.6. The lowest BCUT2D eigenvalue weighted by molar-refractivity contribution is -0.122. The Morgan fingerprint density at radius 2 is 1.38 bits per heavy atom. The van der Waals surface area contributed by atoms with Crippen LogP contribution in [0.2, 0.25) is 0 Å². The predicted molar refractivity (Wildman–Crippen MR) is 143 cm³/mol. The minimum atomic E-state index is -0.766. The average molecular weight is 540 g/mol. The Hall–Kier alpha value is -5.05. The van der Waals surface area contributed by atoms with Crippen molar-refractivity contribution in [2.45, 2.75) is 12.8 Å². The number of nitrogens with zero attached hydrogens (tertiary/aromatic N) is 1. The summed E-state index contributed by atoms with van der Waals surface area (Å²) in [5.41, 5.74) is 0.972. The van der Waals surface area contributed by atoms with Crippen LogP contribution in [-0.4, -0.2) is 43.3 Å². The first-order valence-corrected chi connectivity index (χ1v) is 12.6. The molecular weight excluding hydrogens is 514 g/mol. The number of esters is 2. The van der Waals surface area contributed by atoms with Gasteiger partial charge in [0.15, 0.2) is 12.4 Å². The number of anilines is 1. The molecule has 40 heavy (non-hydrogen) atoms. The van der Waals surface area contributed by atoms with E-state index in [-0.39, 0.29) is 40.5 Å². The number of carbonyl (C=O) groups is 5. The highest BCUT2D eigenvalue weighted by atomic mass is 16.5. The fraction of sp³-hybridized carbons (Fsp3) is 0.194. The van der Waals surface area contributed by atoms with E-state index in [1.807, 2.05) is 12.2 Å². The van der Waals surface area contributed by atoms with Crippen LogP contribution in [0.15, 0.2) is 84.9 Å². The van der Waals surface area contributed by atoms with Gasteiger partial charge in [-0.1, -0.05) is 24.3 Å². The van der Waals surface area contributed by atoms with Gasteiger partial charge in [0.2, 0.25) is 11.8 Å². The van der Waals surface area contributed by atoms with E-state index in [0.29, 0.717) is 29.8 Å². The quantitative estimate of drug-likeness (QED) is 0.136. The Kier molecular flexibility index (Phi) is 7.54. The van der Waals surface area contributed by atoms with Crippen LogP contribution in [0, 0.1) is 11.8 Å². The third kappa shape index (κ3) is 5.40. The topological polar surface area (TPSA) is 116 Å². The van der Waals surface area contributed by atoms with Crippen molar-refractivity contribution in [3.8, 4) is 11.5 Å². The lowest BCUT2D eigenvalue weighted by Gasteiger charge is -2.15. The molecule has 5 rings (SSSR count). The molecule has 2 unspecified atom stereocenters. The Balaban J connectivity index is 1.18. The Labute approximate surface area is 229 Å². The summed E-state index contributed by atoms with van der Waals surface area (Å²) in [4.78, 5) is 64.5. The minimum absolute atomic E-state index is 0.110. The van der Waals surface area contributed by atoms with E-state index in [1.54, 1.807) is 36.4 Å². The van der Waals surface area contributed by atoms with Crippen LogP contribution < -0.4 is 14.4 Å². The lowest BCUT2D eigenvalue weighted by atomic mass is 9.85. The second-order valence-electron chi connectivity index (χ2n) is 9.36. The van der Waals surface area contributed by atoms with E-state index in [9.17, 15) is 24.0 Å². The lowest BCUT2D eigenvalue weighted by Crippen LogP contribution is -2.31. The highest BCUT2D eigenvalue weighted by Crippen LogP contribution is 2.37. The van der Waals surface area contributed by atoms with E-state index < -0.39 is 24.3 Å². The zero-order valence-corrected chi connectivity index (χ0v) is 21.6. The van der Waals surface area contributed by atoms with Crippen LogP contribution in [0.25, 0.3) is 0 Å². The molecule has 2 atom stereocenters. The number of hydrogen-bond acceptors (Lipinski definition) is 8. The molecule has 3 aromatic carbocycles. The van der Waals surface area contributed by atoms with Crippen LogP contribution in [0.5, 0.6) is 11.5 Å². The molecule has 0 aromatic heterocycles.